The first-order valence-electron chi connectivity index (χ1n) is 7.62. The number of fused-ring (bicyclic) bond motifs is 1. The van der Waals surface area contributed by atoms with E-state index in [4.69, 9.17) is 4.74 Å². The highest BCUT2D eigenvalue weighted by molar-refractivity contribution is 5.04. The Morgan fingerprint density at radius 1 is 1.24 bits per heavy atom. The van der Waals surface area contributed by atoms with Gasteiger partial charge in [-0.3, -0.25) is 0 Å². The van der Waals surface area contributed by atoms with Crippen LogP contribution in [-0.4, -0.2) is 25.8 Å². The molecular formula is C15H27NO. The van der Waals surface area contributed by atoms with Crippen LogP contribution in [0.15, 0.2) is 0 Å². The first kappa shape index (κ1) is 12.0. The molecule has 98 valence electrons. The summed E-state index contributed by atoms with van der Waals surface area (Å²) in [5.74, 6) is 2.20. The Morgan fingerprint density at radius 3 is 2.65 bits per heavy atom. The summed E-state index contributed by atoms with van der Waals surface area (Å²) in [5.41, 5.74) is 0.646. The average Bonchev–Trinajstić information content (AvgIpc) is 3.24. The van der Waals surface area contributed by atoms with E-state index in [9.17, 15) is 0 Å². The van der Waals surface area contributed by atoms with E-state index in [0.717, 1.165) is 31.1 Å². The molecule has 0 saturated heterocycles. The van der Waals surface area contributed by atoms with Crippen molar-refractivity contribution in [2.45, 2.75) is 57.9 Å². The zero-order valence-electron chi connectivity index (χ0n) is 11.2. The summed E-state index contributed by atoms with van der Waals surface area (Å²) in [5, 5.41) is 3.78. The van der Waals surface area contributed by atoms with E-state index in [-0.39, 0.29) is 0 Å². The van der Waals surface area contributed by atoms with Crippen molar-refractivity contribution < 1.29 is 4.74 Å². The first-order valence-corrected chi connectivity index (χ1v) is 7.62. The summed E-state index contributed by atoms with van der Waals surface area (Å²) in [6.07, 6.45) is 10.0. The smallest absolute Gasteiger partial charge is 0.0466 e. The van der Waals surface area contributed by atoms with Gasteiger partial charge in [0, 0.05) is 25.8 Å². The molecule has 2 unspecified atom stereocenters. The van der Waals surface area contributed by atoms with E-state index in [1.807, 2.05) is 0 Å². The van der Waals surface area contributed by atoms with Crippen molar-refractivity contribution in [3.63, 3.8) is 0 Å². The fourth-order valence-electron chi connectivity index (χ4n) is 3.78. The second kappa shape index (κ2) is 4.89. The molecule has 0 aromatic carbocycles. The summed E-state index contributed by atoms with van der Waals surface area (Å²) in [6, 6.07) is 0.871. The maximum absolute atomic E-state index is 5.49. The van der Waals surface area contributed by atoms with Crippen LogP contribution in [0.25, 0.3) is 0 Å². The number of rotatable bonds is 8. The Kier molecular flexibility index (Phi) is 3.45. The Balaban J connectivity index is 1.45. The zero-order valence-corrected chi connectivity index (χ0v) is 11.2. The summed E-state index contributed by atoms with van der Waals surface area (Å²) in [7, 11) is 0. The van der Waals surface area contributed by atoms with Crippen LogP contribution in [0.1, 0.15) is 51.9 Å². The Morgan fingerprint density at radius 2 is 2.00 bits per heavy atom. The monoisotopic (exact) mass is 237 g/mol. The number of ether oxygens (including phenoxy) is 1. The van der Waals surface area contributed by atoms with E-state index in [1.165, 1.54) is 51.5 Å². The fourth-order valence-corrected chi connectivity index (χ4v) is 3.78. The molecule has 2 nitrogen and oxygen atoms in total. The minimum absolute atomic E-state index is 0.646. The Bertz CT molecular complexity index is 252. The van der Waals surface area contributed by atoms with E-state index < -0.39 is 0 Å². The molecule has 3 aliphatic rings. The topological polar surface area (TPSA) is 21.3 Å². The third-order valence-corrected chi connectivity index (χ3v) is 5.00. The molecule has 0 aromatic rings. The summed E-state index contributed by atoms with van der Waals surface area (Å²) < 4.78 is 5.49. The molecule has 3 aliphatic carbocycles. The van der Waals surface area contributed by atoms with Gasteiger partial charge in [-0.2, -0.15) is 0 Å². The van der Waals surface area contributed by atoms with E-state index in [0.29, 0.717) is 5.41 Å². The number of nitrogens with one attached hydrogen (secondary N) is 1. The minimum atomic E-state index is 0.646. The van der Waals surface area contributed by atoms with Crippen LogP contribution in [0.4, 0.5) is 0 Å². The minimum Gasteiger partial charge on any atom is -0.382 e. The third-order valence-electron chi connectivity index (χ3n) is 5.00. The summed E-state index contributed by atoms with van der Waals surface area (Å²) in [6.45, 7) is 5.22. The van der Waals surface area contributed by atoms with Gasteiger partial charge < -0.3 is 10.1 Å². The van der Waals surface area contributed by atoms with Crippen molar-refractivity contribution >= 4 is 0 Å². The van der Waals surface area contributed by atoms with Crippen LogP contribution in [0, 0.1) is 17.3 Å². The van der Waals surface area contributed by atoms with E-state index in [2.05, 4.69) is 12.2 Å². The lowest BCUT2D eigenvalue weighted by molar-refractivity contribution is 0.123. The van der Waals surface area contributed by atoms with Crippen molar-refractivity contribution in [2.24, 2.45) is 17.3 Å². The van der Waals surface area contributed by atoms with Crippen LogP contribution in [-0.2, 0) is 4.74 Å². The van der Waals surface area contributed by atoms with Gasteiger partial charge in [-0.15, -0.1) is 0 Å². The molecule has 0 heterocycles. The molecule has 0 radical (unpaired) electrons. The predicted molar refractivity (Wildman–Crippen MR) is 70.0 cm³/mol. The molecule has 2 atom stereocenters. The standard InChI is InChI=1S/C15H27NO/c1-2-17-7-3-6-15(11-16-14-4-5-14)9-12-8-13(12)10-15/h12-14,16H,2-11H2,1H3. The van der Waals surface area contributed by atoms with E-state index >= 15 is 0 Å². The fraction of sp³-hybridized carbons (Fsp3) is 1.00. The molecule has 0 aliphatic heterocycles. The largest absolute Gasteiger partial charge is 0.382 e. The van der Waals surface area contributed by atoms with Crippen LogP contribution in [0.3, 0.4) is 0 Å². The first-order chi connectivity index (χ1) is 8.31. The average molecular weight is 237 g/mol. The van der Waals surface area contributed by atoms with Crippen molar-refractivity contribution in [1.29, 1.82) is 0 Å². The van der Waals surface area contributed by atoms with Crippen molar-refractivity contribution in [2.75, 3.05) is 19.8 Å². The van der Waals surface area contributed by atoms with Gasteiger partial charge in [-0.1, -0.05) is 0 Å². The molecule has 0 aromatic heterocycles. The third kappa shape index (κ3) is 3.03. The van der Waals surface area contributed by atoms with Gasteiger partial charge >= 0.3 is 0 Å². The molecule has 17 heavy (non-hydrogen) atoms. The highest BCUT2D eigenvalue weighted by atomic mass is 16.5. The van der Waals surface area contributed by atoms with Gasteiger partial charge in [-0.05, 0) is 69.1 Å². The van der Waals surface area contributed by atoms with Crippen LogP contribution in [0.5, 0.6) is 0 Å². The molecule has 3 saturated carbocycles. The molecule has 1 N–H and O–H groups in total. The predicted octanol–water partition coefficient (Wildman–Crippen LogP) is 2.97. The SMILES string of the molecule is CCOCCCC1(CNC2CC2)CC2CC2C1. The van der Waals surface area contributed by atoms with Crippen LogP contribution >= 0.6 is 0 Å². The maximum Gasteiger partial charge on any atom is 0.0466 e. The molecule has 0 bridgehead atoms. The Hall–Kier alpha value is -0.0800. The number of hydrogen-bond acceptors (Lipinski definition) is 2. The van der Waals surface area contributed by atoms with Gasteiger partial charge in [0.05, 0.1) is 0 Å². The van der Waals surface area contributed by atoms with Gasteiger partial charge in [-0.25, -0.2) is 0 Å². The lowest BCUT2D eigenvalue weighted by Crippen LogP contribution is -2.34. The van der Waals surface area contributed by atoms with Crippen molar-refractivity contribution in [1.82, 2.24) is 5.32 Å². The molecule has 0 spiro atoms. The molecule has 2 heteroatoms. The van der Waals surface area contributed by atoms with Gasteiger partial charge in [0.25, 0.3) is 0 Å². The molecule has 0 amide bonds. The van der Waals surface area contributed by atoms with Crippen molar-refractivity contribution in [3.05, 3.63) is 0 Å². The molecule has 3 rings (SSSR count). The van der Waals surface area contributed by atoms with Gasteiger partial charge in [0.15, 0.2) is 0 Å². The zero-order chi connectivity index (χ0) is 11.7. The highest BCUT2D eigenvalue weighted by Crippen LogP contribution is 2.61. The quantitative estimate of drug-likeness (QED) is 0.655. The highest BCUT2D eigenvalue weighted by Gasteiger charge is 2.53. The van der Waals surface area contributed by atoms with Crippen molar-refractivity contribution in [3.8, 4) is 0 Å². The molecule has 3 fully saturated rings. The number of hydrogen-bond donors (Lipinski definition) is 1. The second-order valence-corrected chi connectivity index (χ2v) is 6.62. The maximum atomic E-state index is 5.49. The normalized spacial score (nSPS) is 39.4. The van der Waals surface area contributed by atoms with Gasteiger partial charge in [0.2, 0.25) is 0 Å². The van der Waals surface area contributed by atoms with Crippen LogP contribution in [0.2, 0.25) is 0 Å². The molecular weight excluding hydrogens is 210 g/mol. The van der Waals surface area contributed by atoms with E-state index in [1.54, 1.807) is 0 Å². The Labute approximate surface area is 105 Å². The summed E-state index contributed by atoms with van der Waals surface area (Å²) >= 11 is 0. The second-order valence-electron chi connectivity index (χ2n) is 6.62. The lowest BCUT2D eigenvalue weighted by Gasteiger charge is -2.31. The van der Waals surface area contributed by atoms with Crippen LogP contribution < -0.4 is 5.32 Å². The van der Waals surface area contributed by atoms with Gasteiger partial charge in [0.1, 0.15) is 0 Å². The lowest BCUT2D eigenvalue weighted by atomic mass is 9.78. The summed E-state index contributed by atoms with van der Waals surface area (Å²) in [4.78, 5) is 0.